The summed E-state index contributed by atoms with van der Waals surface area (Å²) in [6, 6.07) is 26.0. The third kappa shape index (κ3) is 3.20. The van der Waals surface area contributed by atoms with Gasteiger partial charge in [-0.25, -0.2) is 0 Å². The fraction of sp³-hybridized carbons (Fsp3) is 0. The SMILES string of the molecule is N#Cc1ccn2c(-c3ccc(Cl)cc3)c(-c3ccc(Cl)cc3)c(-c3cccs3)c2c1. The number of halogens is 2. The molecule has 0 aliphatic heterocycles. The van der Waals surface area contributed by atoms with Gasteiger partial charge in [-0.1, -0.05) is 53.5 Å². The Balaban J connectivity index is 1.96. The summed E-state index contributed by atoms with van der Waals surface area (Å²) in [6.07, 6.45) is 1.97. The van der Waals surface area contributed by atoms with Crippen LogP contribution in [0.4, 0.5) is 0 Å². The molecule has 3 heterocycles. The van der Waals surface area contributed by atoms with Gasteiger partial charge >= 0.3 is 0 Å². The minimum Gasteiger partial charge on any atom is -0.315 e. The van der Waals surface area contributed by atoms with E-state index in [0.29, 0.717) is 15.6 Å². The van der Waals surface area contributed by atoms with Crippen LogP contribution < -0.4 is 0 Å². The highest BCUT2D eigenvalue weighted by molar-refractivity contribution is 7.13. The van der Waals surface area contributed by atoms with Gasteiger partial charge in [-0.2, -0.15) is 5.26 Å². The molecule has 144 valence electrons. The maximum Gasteiger partial charge on any atom is 0.0992 e. The second-order valence-corrected chi connectivity index (χ2v) is 8.69. The van der Waals surface area contributed by atoms with Gasteiger partial charge in [0, 0.05) is 32.2 Å². The summed E-state index contributed by atoms with van der Waals surface area (Å²) in [4.78, 5) is 1.15. The molecule has 0 amide bonds. The summed E-state index contributed by atoms with van der Waals surface area (Å²) in [6.45, 7) is 0. The summed E-state index contributed by atoms with van der Waals surface area (Å²) in [5.41, 5.74) is 6.99. The molecule has 0 spiro atoms. The lowest BCUT2D eigenvalue weighted by molar-refractivity contribution is 1.20. The monoisotopic (exact) mass is 444 g/mol. The molecule has 0 aliphatic carbocycles. The van der Waals surface area contributed by atoms with Gasteiger partial charge in [-0.05, 0) is 59.0 Å². The van der Waals surface area contributed by atoms with Crippen molar-refractivity contribution >= 4 is 40.1 Å². The maximum atomic E-state index is 9.50. The molecule has 2 aromatic carbocycles. The molecule has 5 heteroatoms. The third-order valence-electron chi connectivity index (χ3n) is 5.09. The number of benzene rings is 2. The molecule has 3 aromatic heterocycles. The molecule has 0 bridgehead atoms. The van der Waals surface area contributed by atoms with Crippen molar-refractivity contribution in [2.45, 2.75) is 0 Å². The van der Waals surface area contributed by atoms with Crippen molar-refractivity contribution in [3.63, 3.8) is 0 Å². The molecule has 5 rings (SSSR count). The average Bonchev–Trinajstić information content (AvgIpc) is 3.40. The zero-order chi connectivity index (χ0) is 20.7. The van der Waals surface area contributed by atoms with Gasteiger partial charge in [0.15, 0.2) is 0 Å². The van der Waals surface area contributed by atoms with Gasteiger partial charge in [-0.15, -0.1) is 11.3 Å². The minimum atomic E-state index is 0.628. The summed E-state index contributed by atoms with van der Waals surface area (Å²) >= 11 is 14.0. The van der Waals surface area contributed by atoms with Gasteiger partial charge in [0.05, 0.1) is 22.8 Å². The first kappa shape index (κ1) is 19.0. The van der Waals surface area contributed by atoms with Gasteiger partial charge in [-0.3, -0.25) is 0 Å². The highest BCUT2D eigenvalue weighted by Gasteiger charge is 2.23. The highest BCUT2D eigenvalue weighted by atomic mass is 35.5. The minimum absolute atomic E-state index is 0.628. The Kier molecular flexibility index (Phi) is 4.84. The van der Waals surface area contributed by atoms with E-state index >= 15 is 0 Å². The molecule has 0 N–H and O–H groups in total. The van der Waals surface area contributed by atoms with Gasteiger partial charge in [0.2, 0.25) is 0 Å². The predicted molar refractivity (Wildman–Crippen MR) is 126 cm³/mol. The first-order valence-electron chi connectivity index (χ1n) is 9.29. The van der Waals surface area contributed by atoms with E-state index in [-0.39, 0.29) is 0 Å². The molecule has 30 heavy (non-hydrogen) atoms. The summed E-state index contributed by atoms with van der Waals surface area (Å²) in [5.74, 6) is 0. The van der Waals surface area contributed by atoms with E-state index in [1.54, 1.807) is 11.3 Å². The van der Waals surface area contributed by atoms with Crippen molar-refractivity contribution in [2.75, 3.05) is 0 Å². The van der Waals surface area contributed by atoms with E-state index in [4.69, 9.17) is 23.2 Å². The number of thiophene rings is 1. The highest BCUT2D eigenvalue weighted by Crippen LogP contribution is 2.46. The van der Waals surface area contributed by atoms with Crippen LogP contribution in [0.5, 0.6) is 0 Å². The number of hydrogen-bond donors (Lipinski definition) is 0. The average molecular weight is 445 g/mol. The largest absolute Gasteiger partial charge is 0.315 e. The van der Waals surface area contributed by atoms with Crippen LogP contribution in [0.2, 0.25) is 10.0 Å². The van der Waals surface area contributed by atoms with Crippen molar-refractivity contribution in [3.8, 4) is 38.9 Å². The zero-order valence-electron chi connectivity index (χ0n) is 15.6. The molecule has 0 aliphatic rings. The molecular weight excluding hydrogens is 431 g/mol. The zero-order valence-corrected chi connectivity index (χ0v) is 18.0. The number of rotatable bonds is 3. The molecule has 5 aromatic rings. The van der Waals surface area contributed by atoms with Crippen molar-refractivity contribution < 1.29 is 0 Å². The molecule has 0 atom stereocenters. The first-order chi connectivity index (χ1) is 14.7. The lowest BCUT2D eigenvalue weighted by atomic mass is 9.96. The molecule has 0 saturated heterocycles. The van der Waals surface area contributed by atoms with Crippen LogP contribution in [0.25, 0.3) is 38.3 Å². The van der Waals surface area contributed by atoms with Gasteiger partial charge in [0.1, 0.15) is 0 Å². The number of hydrogen-bond acceptors (Lipinski definition) is 2. The van der Waals surface area contributed by atoms with Crippen LogP contribution in [0.1, 0.15) is 5.56 Å². The maximum absolute atomic E-state index is 9.50. The van der Waals surface area contributed by atoms with Crippen molar-refractivity contribution in [1.29, 1.82) is 5.26 Å². The molecule has 0 saturated carbocycles. The molecule has 2 nitrogen and oxygen atoms in total. The fourth-order valence-electron chi connectivity index (χ4n) is 3.78. The fourth-order valence-corrected chi connectivity index (χ4v) is 4.82. The molecule has 0 radical (unpaired) electrons. The van der Waals surface area contributed by atoms with Crippen LogP contribution in [-0.4, -0.2) is 4.40 Å². The Morgan fingerprint density at radius 3 is 2.07 bits per heavy atom. The Hall–Kier alpha value is -3.03. The van der Waals surface area contributed by atoms with E-state index in [0.717, 1.165) is 38.3 Å². The smallest absolute Gasteiger partial charge is 0.0992 e. The lowest BCUT2D eigenvalue weighted by Crippen LogP contribution is -1.90. The van der Waals surface area contributed by atoms with Crippen LogP contribution in [0.3, 0.4) is 0 Å². The Bertz CT molecular complexity index is 1390. The first-order valence-corrected chi connectivity index (χ1v) is 10.9. The number of nitrogens with zero attached hydrogens (tertiary/aromatic N) is 2. The summed E-state index contributed by atoms with van der Waals surface area (Å²) < 4.78 is 2.16. The molecule has 0 unspecified atom stereocenters. The van der Waals surface area contributed by atoms with Crippen molar-refractivity contribution in [1.82, 2.24) is 4.40 Å². The Morgan fingerprint density at radius 2 is 1.47 bits per heavy atom. The van der Waals surface area contributed by atoms with Crippen molar-refractivity contribution in [2.24, 2.45) is 0 Å². The topological polar surface area (TPSA) is 28.2 Å². The normalized spacial score (nSPS) is 11.0. The Labute approximate surface area is 188 Å². The van der Waals surface area contributed by atoms with E-state index in [1.807, 2.05) is 72.9 Å². The summed E-state index contributed by atoms with van der Waals surface area (Å²) in [5, 5.41) is 13.0. The van der Waals surface area contributed by atoms with Crippen LogP contribution in [0, 0.1) is 11.3 Å². The van der Waals surface area contributed by atoms with Crippen LogP contribution in [0.15, 0.2) is 84.4 Å². The van der Waals surface area contributed by atoms with E-state index in [1.165, 1.54) is 0 Å². The predicted octanol–water partition coefficient (Wildman–Crippen LogP) is 8.18. The number of aromatic nitrogens is 1. The second kappa shape index (κ2) is 7.66. The van der Waals surface area contributed by atoms with E-state index in [2.05, 4.69) is 21.9 Å². The Morgan fingerprint density at radius 1 is 0.800 bits per heavy atom. The third-order valence-corrected chi connectivity index (χ3v) is 6.48. The van der Waals surface area contributed by atoms with E-state index < -0.39 is 0 Å². The number of nitriles is 1. The van der Waals surface area contributed by atoms with Crippen LogP contribution >= 0.6 is 34.5 Å². The lowest BCUT2D eigenvalue weighted by Gasteiger charge is -2.09. The standard InChI is InChI=1S/C25H14Cl2N2S/c26-19-7-3-17(4-8-19)23-24(22-2-1-13-30-22)21-14-16(15-28)11-12-29(21)25(23)18-5-9-20(27)10-6-18/h1-14H. The second-order valence-electron chi connectivity index (χ2n) is 6.87. The van der Waals surface area contributed by atoms with Crippen molar-refractivity contribution in [3.05, 3.63) is 100.0 Å². The summed E-state index contributed by atoms with van der Waals surface area (Å²) in [7, 11) is 0. The van der Waals surface area contributed by atoms with Crippen LogP contribution in [-0.2, 0) is 0 Å². The number of fused-ring (bicyclic) bond motifs is 1. The van der Waals surface area contributed by atoms with Gasteiger partial charge in [0.25, 0.3) is 0 Å². The molecule has 0 fully saturated rings. The quantitative estimate of drug-likeness (QED) is 0.275. The van der Waals surface area contributed by atoms with Gasteiger partial charge < -0.3 is 4.40 Å². The van der Waals surface area contributed by atoms with E-state index in [9.17, 15) is 5.26 Å². The number of pyridine rings is 1. The molecular formula is C25H14Cl2N2S.